The lowest BCUT2D eigenvalue weighted by Gasteiger charge is -2.32. The minimum Gasteiger partial charge on any atom is -0.489 e. The van der Waals surface area contributed by atoms with Crippen LogP contribution in [-0.2, 0) is 17.9 Å². The van der Waals surface area contributed by atoms with Crippen LogP contribution in [0.1, 0.15) is 62.5 Å². The second kappa shape index (κ2) is 11.3. The van der Waals surface area contributed by atoms with Gasteiger partial charge in [-0.3, -0.25) is 9.69 Å². The number of benzene rings is 2. The highest BCUT2D eigenvalue weighted by Gasteiger charge is 2.26. The Morgan fingerprint density at radius 1 is 0.839 bits per heavy atom. The molecule has 2 aromatic rings. The molecule has 2 aliphatic rings. The van der Waals surface area contributed by atoms with E-state index in [1.54, 1.807) is 0 Å². The zero-order valence-electron chi connectivity index (χ0n) is 18.6. The van der Waals surface area contributed by atoms with Crippen molar-refractivity contribution >= 4 is 5.91 Å². The third kappa shape index (κ3) is 6.83. The molecule has 166 valence electrons. The van der Waals surface area contributed by atoms with E-state index in [-0.39, 0.29) is 5.92 Å². The Hall–Kier alpha value is -2.33. The Labute approximate surface area is 187 Å². The Balaban J connectivity index is 1.18. The lowest BCUT2D eigenvalue weighted by Crippen LogP contribution is -2.43. The van der Waals surface area contributed by atoms with Gasteiger partial charge >= 0.3 is 0 Å². The minimum atomic E-state index is 0.188. The van der Waals surface area contributed by atoms with Gasteiger partial charge < -0.3 is 10.1 Å². The SMILES string of the molecule is O=C(NC1CCCCCC1)C1CCN(Cc2ccc(OCc3ccccc3)cc2)CC1. The van der Waals surface area contributed by atoms with Gasteiger partial charge in [0.1, 0.15) is 12.4 Å². The van der Waals surface area contributed by atoms with E-state index in [4.69, 9.17) is 4.74 Å². The summed E-state index contributed by atoms with van der Waals surface area (Å²) in [5.74, 6) is 1.39. The molecule has 1 saturated heterocycles. The molecule has 0 atom stereocenters. The van der Waals surface area contributed by atoms with E-state index in [0.29, 0.717) is 18.6 Å². The van der Waals surface area contributed by atoms with Gasteiger partial charge in [0.2, 0.25) is 5.91 Å². The fraction of sp³-hybridized carbons (Fsp3) is 0.519. The molecule has 4 rings (SSSR count). The molecule has 0 spiro atoms. The molecular formula is C27H36N2O2. The van der Waals surface area contributed by atoms with E-state index in [2.05, 4.69) is 46.6 Å². The van der Waals surface area contributed by atoms with E-state index in [9.17, 15) is 4.79 Å². The highest BCUT2D eigenvalue weighted by molar-refractivity contribution is 5.79. The molecular weight excluding hydrogens is 384 g/mol. The van der Waals surface area contributed by atoms with Gasteiger partial charge in [-0.2, -0.15) is 0 Å². The summed E-state index contributed by atoms with van der Waals surface area (Å²) in [5, 5.41) is 3.35. The van der Waals surface area contributed by atoms with Gasteiger partial charge in [0.15, 0.2) is 0 Å². The van der Waals surface area contributed by atoms with E-state index >= 15 is 0 Å². The van der Waals surface area contributed by atoms with Gasteiger partial charge in [0, 0.05) is 18.5 Å². The van der Waals surface area contributed by atoms with E-state index in [1.165, 1.54) is 36.8 Å². The van der Waals surface area contributed by atoms with Crippen molar-refractivity contribution in [1.82, 2.24) is 10.2 Å². The van der Waals surface area contributed by atoms with Crippen molar-refractivity contribution in [2.75, 3.05) is 13.1 Å². The largest absolute Gasteiger partial charge is 0.489 e. The molecule has 1 aliphatic heterocycles. The highest BCUT2D eigenvalue weighted by Crippen LogP contribution is 2.23. The number of rotatable bonds is 7. The van der Waals surface area contributed by atoms with Crippen LogP contribution in [0.4, 0.5) is 0 Å². The maximum atomic E-state index is 12.7. The van der Waals surface area contributed by atoms with Gasteiger partial charge in [-0.15, -0.1) is 0 Å². The second-order valence-electron chi connectivity index (χ2n) is 9.17. The molecule has 2 aromatic carbocycles. The smallest absolute Gasteiger partial charge is 0.223 e. The van der Waals surface area contributed by atoms with Crippen LogP contribution in [0.3, 0.4) is 0 Å². The number of hydrogen-bond donors (Lipinski definition) is 1. The van der Waals surface area contributed by atoms with Crippen LogP contribution in [0.25, 0.3) is 0 Å². The molecule has 0 unspecified atom stereocenters. The summed E-state index contributed by atoms with van der Waals surface area (Å²) >= 11 is 0. The minimum absolute atomic E-state index is 0.188. The summed E-state index contributed by atoms with van der Waals surface area (Å²) in [5.41, 5.74) is 2.48. The quantitative estimate of drug-likeness (QED) is 0.617. The molecule has 4 heteroatoms. The molecule has 1 saturated carbocycles. The van der Waals surface area contributed by atoms with E-state index in [0.717, 1.165) is 51.1 Å². The molecule has 1 amide bonds. The maximum absolute atomic E-state index is 12.7. The van der Waals surface area contributed by atoms with Gasteiger partial charge in [-0.05, 0) is 62.0 Å². The number of likely N-dealkylation sites (tertiary alicyclic amines) is 1. The van der Waals surface area contributed by atoms with Crippen LogP contribution in [0.2, 0.25) is 0 Å². The topological polar surface area (TPSA) is 41.6 Å². The number of piperidine rings is 1. The summed E-state index contributed by atoms with van der Waals surface area (Å²) in [6, 6.07) is 19.1. The lowest BCUT2D eigenvalue weighted by atomic mass is 9.94. The third-order valence-electron chi connectivity index (χ3n) is 6.74. The summed E-state index contributed by atoms with van der Waals surface area (Å²) in [6.45, 7) is 3.52. The number of nitrogens with zero attached hydrogens (tertiary/aromatic N) is 1. The first-order chi connectivity index (χ1) is 15.3. The predicted molar refractivity (Wildman–Crippen MR) is 125 cm³/mol. The zero-order chi connectivity index (χ0) is 21.3. The number of carbonyl (C=O) groups excluding carboxylic acids is 1. The zero-order valence-corrected chi connectivity index (χ0v) is 18.6. The summed E-state index contributed by atoms with van der Waals surface area (Å²) in [4.78, 5) is 15.2. The average molecular weight is 421 g/mol. The Morgan fingerprint density at radius 2 is 1.52 bits per heavy atom. The van der Waals surface area contributed by atoms with Crippen molar-refractivity contribution in [1.29, 1.82) is 0 Å². The first kappa shape index (κ1) is 21.9. The monoisotopic (exact) mass is 420 g/mol. The van der Waals surface area contributed by atoms with Gasteiger partial charge in [0.05, 0.1) is 0 Å². The Kier molecular flexibility index (Phi) is 8.00. The average Bonchev–Trinajstić information content (AvgIpc) is 3.08. The number of ether oxygens (including phenoxy) is 1. The van der Waals surface area contributed by atoms with Crippen molar-refractivity contribution in [3.63, 3.8) is 0 Å². The second-order valence-corrected chi connectivity index (χ2v) is 9.17. The highest BCUT2D eigenvalue weighted by atomic mass is 16.5. The van der Waals surface area contributed by atoms with E-state index in [1.807, 2.05) is 18.2 Å². The molecule has 1 heterocycles. The third-order valence-corrected chi connectivity index (χ3v) is 6.74. The normalized spacial score (nSPS) is 19.0. The van der Waals surface area contributed by atoms with Crippen LogP contribution in [0, 0.1) is 5.92 Å². The van der Waals surface area contributed by atoms with Crippen molar-refractivity contribution in [3.8, 4) is 5.75 Å². The van der Waals surface area contributed by atoms with Gasteiger partial charge in [0.25, 0.3) is 0 Å². The Morgan fingerprint density at radius 3 is 2.19 bits per heavy atom. The van der Waals surface area contributed by atoms with Crippen molar-refractivity contribution in [2.24, 2.45) is 5.92 Å². The molecule has 0 bridgehead atoms. The van der Waals surface area contributed by atoms with Crippen LogP contribution < -0.4 is 10.1 Å². The molecule has 1 N–H and O–H groups in total. The van der Waals surface area contributed by atoms with Crippen LogP contribution >= 0.6 is 0 Å². The summed E-state index contributed by atoms with van der Waals surface area (Å²) in [6.07, 6.45) is 9.44. The molecule has 0 aromatic heterocycles. The van der Waals surface area contributed by atoms with Crippen molar-refractivity contribution < 1.29 is 9.53 Å². The molecule has 0 radical (unpaired) electrons. The first-order valence-electron chi connectivity index (χ1n) is 12.0. The molecule has 1 aliphatic carbocycles. The number of hydrogen-bond acceptors (Lipinski definition) is 3. The fourth-order valence-electron chi connectivity index (χ4n) is 4.79. The Bertz CT molecular complexity index is 790. The van der Waals surface area contributed by atoms with Crippen molar-refractivity contribution in [3.05, 3.63) is 65.7 Å². The molecule has 31 heavy (non-hydrogen) atoms. The van der Waals surface area contributed by atoms with Crippen LogP contribution in [-0.4, -0.2) is 29.9 Å². The maximum Gasteiger partial charge on any atom is 0.223 e. The fourth-order valence-corrected chi connectivity index (χ4v) is 4.79. The van der Waals surface area contributed by atoms with Crippen LogP contribution in [0.5, 0.6) is 5.75 Å². The number of nitrogens with one attached hydrogen (secondary N) is 1. The number of carbonyl (C=O) groups is 1. The standard InChI is InChI=1S/C27H36N2O2/c30-27(28-25-10-6-1-2-7-11-25)24-16-18-29(19-17-24)20-22-12-14-26(15-13-22)31-21-23-8-4-3-5-9-23/h3-5,8-9,12-15,24-25H,1-2,6-7,10-11,16-21H2,(H,28,30). The predicted octanol–water partition coefficient (Wildman–Crippen LogP) is 5.32. The van der Waals surface area contributed by atoms with Gasteiger partial charge in [-0.1, -0.05) is 68.1 Å². The lowest BCUT2D eigenvalue weighted by molar-refractivity contribution is -0.127. The molecule has 2 fully saturated rings. The summed E-state index contributed by atoms with van der Waals surface area (Å²) in [7, 11) is 0. The summed E-state index contributed by atoms with van der Waals surface area (Å²) < 4.78 is 5.89. The van der Waals surface area contributed by atoms with E-state index < -0.39 is 0 Å². The van der Waals surface area contributed by atoms with Gasteiger partial charge in [-0.25, -0.2) is 0 Å². The molecule has 4 nitrogen and oxygen atoms in total. The number of amides is 1. The van der Waals surface area contributed by atoms with Crippen molar-refractivity contribution in [2.45, 2.75) is 70.6 Å². The van der Waals surface area contributed by atoms with Crippen LogP contribution in [0.15, 0.2) is 54.6 Å². The first-order valence-corrected chi connectivity index (χ1v) is 12.0.